The Hall–Kier alpha value is -2.60. The smallest absolute Gasteiger partial charge is 0.261 e. The van der Waals surface area contributed by atoms with Crippen molar-refractivity contribution >= 4 is 29.4 Å². The zero-order valence-corrected chi connectivity index (χ0v) is 16.9. The first-order chi connectivity index (χ1) is 13.5. The van der Waals surface area contributed by atoms with Crippen LogP contribution in [0.15, 0.2) is 42.5 Å². The van der Waals surface area contributed by atoms with E-state index in [1.165, 1.54) is 4.90 Å². The topological polar surface area (TPSA) is 63.7 Å². The molecule has 2 aromatic rings. The summed E-state index contributed by atoms with van der Waals surface area (Å²) in [6.07, 6.45) is 1.66. The number of methoxy groups -OCH3 is 1. The molecule has 0 saturated heterocycles. The standard InChI is InChI=1S/C22H23NO4S/c1-15(24)16-9-10-20(27-2)17(13-16)14-28-12-6-5-11-23-21(25)18-7-3-4-8-19(18)22(23)26/h3-4,7-10,13H,5-6,11-12,14H2,1-2H3. The molecule has 3 rings (SSSR count). The number of carbonyl (C=O) groups excluding carboxylic acids is 3. The molecule has 0 fully saturated rings. The number of Topliss-reactive ketones (excluding diaryl/α,β-unsaturated/α-hetero) is 1. The Morgan fingerprint density at radius 2 is 1.71 bits per heavy atom. The van der Waals surface area contributed by atoms with Gasteiger partial charge in [0, 0.05) is 23.4 Å². The first kappa shape index (κ1) is 20.1. The highest BCUT2D eigenvalue weighted by molar-refractivity contribution is 7.98. The second-order valence-electron chi connectivity index (χ2n) is 6.65. The summed E-state index contributed by atoms with van der Waals surface area (Å²) in [4.78, 5) is 37.6. The Balaban J connectivity index is 1.45. The molecular formula is C22H23NO4S. The van der Waals surface area contributed by atoms with Crippen LogP contribution in [0.4, 0.5) is 0 Å². The number of unbranched alkanes of at least 4 members (excludes halogenated alkanes) is 1. The zero-order chi connectivity index (χ0) is 20.1. The molecule has 1 aliphatic rings. The van der Waals surface area contributed by atoms with Crippen LogP contribution in [-0.4, -0.2) is 41.9 Å². The van der Waals surface area contributed by atoms with E-state index in [1.807, 2.05) is 12.1 Å². The molecule has 2 amide bonds. The van der Waals surface area contributed by atoms with Gasteiger partial charge in [-0.25, -0.2) is 0 Å². The van der Waals surface area contributed by atoms with Crippen LogP contribution in [0.1, 0.15) is 56.4 Å². The summed E-state index contributed by atoms with van der Waals surface area (Å²) < 4.78 is 5.37. The highest BCUT2D eigenvalue weighted by Gasteiger charge is 2.34. The fraction of sp³-hybridized carbons (Fsp3) is 0.318. The van der Waals surface area contributed by atoms with Crippen molar-refractivity contribution in [3.63, 3.8) is 0 Å². The van der Waals surface area contributed by atoms with Crippen LogP contribution in [-0.2, 0) is 5.75 Å². The number of benzene rings is 2. The molecule has 0 atom stereocenters. The lowest BCUT2D eigenvalue weighted by Gasteiger charge is -2.13. The van der Waals surface area contributed by atoms with E-state index in [9.17, 15) is 14.4 Å². The normalized spacial score (nSPS) is 13.0. The molecular weight excluding hydrogens is 374 g/mol. The number of thioether (sulfide) groups is 1. The number of hydrogen-bond donors (Lipinski definition) is 0. The number of amides is 2. The van der Waals surface area contributed by atoms with Gasteiger partial charge in [0.1, 0.15) is 5.75 Å². The van der Waals surface area contributed by atoms with Gasteiger partial charge in [-0.2, -0.15) is 11.8 Å². The molecule has 0 unspecified atom stereocenters. The summed E-state index contributed by atoms with van der Waals surface area (Å²) in [5, 5.41) is 0. The third-order valence-corrected chi connectivity index (χ3v) is 5.84. The number of nitrogens with zero attached hydrogens (tertiary/aromatic N) is 1. The quantitative estimate of drug-likeness (QED) is 0.360. The largest absolute Gasteiger partial charge is 0.496 e. The highest BCUT2D eigenvalue weighted by Crippen LogP contribution is 2.26. The van der Waals surface area contributed by atoms with E-state index < -0.39 is 0 Å². The first-order valence-corrected chi connectivity index (χ1v) is 10.4. The summed E-state index contributed by atoms with van der Waals surface area (Å²) in [5.41, 5.74) is 2.68. The van der Waals surface area contributed by atoms with Gasteiger partial charge in [0.25, 0.3) is 11.8 Å². The van der Waals surface area contributed by atoms with E-state index >= 15 is 0 Å². The van der Waals surface area contributed by atoms with Gasteiger partial charge in [0.15, 0.2) is 5.78 Å². The molecule has 1 aliphatic heterocycles. The number of imide groups is 1. The Morgan fingerprint density at radius 1 is 1.04 bits per heavy atom. The Kier molecular flexibility index (Phi) is 6.52. The van der Waals surface area contributed by atoms with Crippen LogP contribution >= 0.6 is 11.8 Å². The molecule has 28 heavy (non-hydrogen) atoms. The number of carbonyl (C=O) groups is 3. The maximum Gasteiger partial charge on any atom is 0.261 e. The Morgan fingerprint density at radius 3 is 2.32 bits per heavy atom. The van der Waals surface area contributed by atoms with Crippen LogP contribution in [0.5, 0.6) is 5.75 Å². The molecule has 0 bridgehead atoms. The lowest BCUT2D eigenvalue weighted by Crippen LogP contribution is -2.30. The third kappa shape index (κ3) is 4.28. The molecule has 146 valence electrons. The van der Waals surface area contributed by atoms with Gasteiger partial charge in [-0.15, -0.1) is 0 Å². The average molecular weight is 397 g/mol. The van der Waals surface area contributed by atoms with Crippen molar-refractivity contribution in [2.75, 3.05) is 19.4 Å². The molecule has 0 saturated carbocycles. The number of ketones is 1. The predicted molar refractivity (Wildman–Crippen MR) is 110 cm³/mol. The van der Waals surface area contributed by atoms with Crippen LogP contribution in [0.25, 0.3) is 0 Å². The van der Waals surface area contributed by atoms with E-state index in [1.54, 1.807) is 56.1 Å². The highest BCUT2D eigenvalue weighted by atomic mass is 32.2. The number of hydrogen-bond acceptors (Lipinski definition) is 5. The first-order valence-electron chi connectivity index (χ1n) is 9.23. The zero-order valence-electron chi connectivity index (χ0n) is 16.1. The lowest BCUT2D eigenvalue weighted by atomic mass is 10.1. The van der Waals surface area contributed by atoms with Crippen molar-refractivity contribution in [3.8, 4) is 5.75 Å². The van der Waals surface area contributed by atoms with Crippen LogP contribution in [0, 0.1) is 0 Å². The molecule has 0 radical (unpaired) electrons. The molecule has 6 heteroatoms. The summed E-state index contributed by atoms with van der Waals surface area (Å²) in [5.74, 6) is 2.07. The number of fused-ring (bicyclic) bond motifs is 1. The van der Waals surface area contributed by atoms with Gasteiger partial charge in [-0.3, -0.25) is 19.3 Å². The molecule has 0 N–H and O–H groups in total. The third-order valence-electron chi connectivity index (χ3n) is 4.74. The minimum Gasteiger partial charge on any atom is -0.496 e. The van der Waals surface area contributed by atoms with Crippen molar-refractivity contribution < 1.29 is 19.1 Å². The maximum absolute atomic E-state index is 12.3. The molecule has 0 spiro atoms. The molecule has 2 aromatic carbocycles. The second-order valence-corrected chi connectivity index (χ2v) is 7.76. The minimum absolute atomic E-state index is 0.0369. The van der Waals surface area contributed by atoms with E-state index in [2.05, 4.69) is 0 Å². The van der Waals surface area contributed by atoms with Gasteiger partial charge < -0.3 is 4.74 Å². The van der Waals surface area contributed by atoms with Gasteiger partial charge in [-0.1, -0.05) is 12.1 Å². The average Bonchev–Trinajstić information content (AvgIpc) is 2.95. The molecule has 1 heterocycles. The van der Waals surface area contributed by atoms with Crippen molar-refractivity contribution in [1.82, 2.24) is 4.90 Å². The number of rotatable bonds is 9. The van der Waals surface area contributed by atoms with E-state index in [-0.39, 0.29) is 17.6 Å². The van der Waals surface area contributed by atoms with E-state index in [0.717, 1.165) is 35.7 Å². The van der Waals surface area contributed by atoms with Gasteiger partial charge >= 0.3 is 0 Å². The molecule has 0 aliphatic carbocycles. The van der Waals surface area contributed by atoms with Crippen LogP contribution < -0.4 is 4.74 Å². The second kappa shape index (κ2) is 9.06. The monoisotopic (exact) mass is 397 g/mol. The van der Waals surface area contributed by atoms with E-state index in [0.29, 0.717) is 23.2 Å². The SMILES string of the molecule is COc1ccc(C(C)=O)cc1CSCCCCN1C(=O)c2ccccc2C1=O. The molecule has 5 nitrogen and oxygen atoms in total. The minimum atomic E-state index is -0.195. The fourth-order valence-electron chi connectivity index (χ4n) is 3.21. The summed E-state index contributed by atoms with van der Waals surface area (Å²) in [6, 6.07) is 12.4. The van der Waals surface area contributed by atoms with Gasteiger partial charge in [-0.05, 0) is 55.9 Å². The summed E-state index contributed by atoms with van der Waals surface area (Å²) in [6.45, 7) is 1.99. The lowest BCUT2D eigenvalue weighted by molar-refractivity contribution is 0.0652. The van der Waals surface area contributed by atoms with Gasteiger partial charge in [0.2, 0.25) is 0 Å². The van der Waals surface area contributed by atoms with Gasteiger partial charge in [0.05, 0.1) is 18.2 Å². The van der Waals surface area contributed by atoms with Crippen molar-refractivity contribution in [3.05, 3.63) is 64.7 Å². The van der Waals surface area contributed by atoms with Crippen LogP contribution in [0.3, 0.4) is 0 Å². The Bertz CT molecular complexity index is 874. The summed E-state index contributed by atoms with van der Waals surface area (Å²) in [7, 11) is 1.62. The fourth-order valence-corrected chi connectivity index (χ4v) is 4.21. The van der Waals surface area contributed by atoms with Crippen molar-refractivity contribution in [1.29, 1.82) is 0 Å². The predicted octanol–water partition coefficient (Wildman–Crippen LogP) is 4.21. The number of ether oxygens (including phenoxy) is 1. The van der Waals surface area contributed by atoms with E-state index in [4.69, 9.17) is 4.74 Å². The summed E-state index contributed by atoms with van der Waals surface area (Å²) >= 11 is 1.75. The van der Waals surface area contributed by atoms with Crippen LogP contribution in [0.2, 0.25) is 0 Å². The van der Waals surface area contributed by atoms with Crippen molar-refractivity contribution in [2.45, 2.75) is 25.5 Å². The maximum atomic E-state index is 12.3. The van der Waals surface area contributed by atoms with Crippen molar-refractivity contribution in [2.24, 2.45) is 0 Å². The molecule has 0 aromatic heterocycles. The Labute approximate surface area is 169 Å².